The number of aromatic nitrogens is 4. The molecular weight excluding hydrogens is 438 g/mol. The molecule has 0 saturated heterocycles. The average Bonchev–Trinajstić information content (AvgIpc) is 3.14. The van der Waals surface area contributed by atoms with Gasteiger partial charge in [0.2, 0.25) is 0 Å². The molecule has 7 nitrogen and oxygen atoms in total. The van der Waals surface area contributed by atoms with Crippen molar-refractivity contribution in [2.24, 2.45) is 5.73 Å². The van der Waals surface area contributed by atoms with E-state index < -0.39 is 6.08 Å². The van der Waals surface area contributed by atoms with Crippen molar-refractivity contribution in [3.63, 3.8) is 0 Å². The fourth-order valence-corrected chi connectivity index (χ4v) is 3.72. The number of nitrogens with zero attached hydrogens (tertiary/aromatic N) is 4. The molecule has 4 rings (SSSR count). The lowest BCUT2D eigenvalue weighted by molar-refractivity contribution is 0.356. The van der Waals surface area contributed by atoms with Crippen molar-refractivity contribution in [1.82, 2.24) is 19.5 Å². The number of hydrogen-bond donors (Lipinski definition) is 2. The highest BCUT2D eigenvalue weighted by Crippen LogP contribution is 2.31. The van der Waals surface area contributed by atoms with E-state index in [-0.39, 0.29) is 5.82 Å². The third-order valence-corrected chi connectivity index (χ3v) is 5.24. The van der Waals surface area contributed by atoms with Crippen LogP contribution >= 0.6 is 22.6 Å². The summed E-state index contributed by atoms with van der Waals surface area (Å²) >= 11 is 2.29. The van der Waals surface area contributed by atoms with Crippen molar-refractivity contribution in [2.45, 2.75) is 19.4 Å². The maximum absolute atomic E-state index is 13.6. The molecule has 0 radical (unpaired) electrons. The Morgan fingerprint density at radius 1 is 1.28 bits per heavy atom. The Balaban J connectivity index is 1.81. The molecule has 0 spiro atoms. The van der Waals surface area contributed by atoms with Gasteiger partial charge >= 0.3 is 6.08 Å². The van der Waals surface area contributed by atoms with Gasteiger partial charge in [0.25, 0.3) is 0 Å². The molecule has 0 amide bonds. The molecule has 1 aromatic carbocycles. The second-order valence-corrected chi connectivity index (χ2v) is 7.01. The largest absolute Gasteiger partial charge is 0.493 e. The zero-order valence-corrected chi connectivity index (χ0v) is 15.5. The summed E-state index contributed by atoms with van der Waals surface area (Å²) in [6, 6.07) is 4.19. The highest BCUT2D eigenvalue weighted by molar-refractivity contribution is 14.1. The number of ether oxygens (including phenoxy) is 1. The summed E-state index contributed by atoms with van der Waals surface area (Å²) in [7, 11) is 0. The zero-order valence-electron chi connectivity index (χ0n) is 13.3. The molecule has 3 aromatic rings. The molecule has 3 heterocycles. The summed E-state index contributed by atoms with van der Waals surface area (Å²) in [4.78, 5) is 12.0. The summed E-state index contributed by atoms with van der Waals surface area (Å²) in [6.45, 7) is 1.58. The molecule has 1 aliphatic heterocycles. The van der Waals surface area contributed by atoms with Crippen LogP contribution < -0.4 is 16.2 Å². The molecule has 0 atom stereocenters. The second kappa shape index (κ2) is 6.37. The Hall–Kier alpha value is -2.01. The first-order valence-corrected chi connectivity index (χ1v) is 8.97. The first-order chi connectivity index (χ1) is 12.1. The Morgan fingerprint density at radius 3 is 2.92 bits per heavy atom. The number of hydrogen-bond acceptors (Lipinski definition) is 6. The third-order valence-electron chi connectivity index (χ3n) is 4.23. The smallest absolute Gasteiger partial charge is 0.312 e. The Morgan fingerprint density at radius 2 is 2.12 bits per heavy atom. The number of fused-ring (bicyclic) bond motifs is 2. The number of imidazole rings is 1. The van der Waals surface area contributed by atoms with E-state index in [1.165, 1.54) is 5.56 Å². The predicted molar refractivity (Wildman–Crippen MR) is 99.9 cm³/mol. The zero-order chi connectivity index (χ0) is 17.6. The average molecular weight is 454 g/mol. The van der Waals surface area contributed by atoms with Crippen LogP contribution in [0.3, 0.4) is 0 Å². The van der Waals surface area contributed by atoms with Crippen molar-refractivity contribution >= 4 is 39.6 Å². The molecule has 0 unspecified atom stereocenters. The summed E-state index contributed by atoms with van der Waals surface area (Å²) in [5.41, 5.74) is 14.6. The van der Waals surface area contributed by atoms with Gasteiger partial charge in [-0.15, -0.1) is 0 Å². The van der Waals surface area contributed by atoms with Crippen molar-refractivity contribution in [1.29, 1.82) is 0 Å². The molecular formula is C16H16FIN6O. The Bertz CT molecular complexity index is 973. The monoisotopic (exact) mass is 454 g/mol. The molecule has 130 valence electrons. The predicted octanol–water partition coefficient (Wildman–Crippen LogP) is 1.64. The van der Waals surface area contributed by atoms with Gasteiger partial charge in [-0.05, 0) is 39.8 Å². The van der Waals surface area contributed by atoms with E-state index >= 15 is 0 Å². The van der Waals surface area contributed by atoms with Crippen LogP contribution in [-0.4, -0.2) is 32.7 Å². The van der Waals surface area contributed by atoms with Gasteiger partial charge in [-0.2, -0.15) is 14.4 Å². The molecule has 0 bridgehead atoms. The van der Waals surface area contributed by atoms with Crippen LogP contribution in [0.25, 0.3) is 11.2 Å². The van der Waals surface area contributed by atoms with Gasteiger partial charge < -0.3 is 20.8 Å². The van der Waals surface area contributed by atoms with Crippen molar-refractivity contribution in [2.75, 3.05) is 18.9 Å². The molecule has 1 aliphatic rings. The molecule has 25 heavy (non-hydrogen) atoms. The highest BCUT2D eigenvalue weighted by atomic mass is 127. The summed E-state index contributed by atoms with van der Waals surface area (Å²) in [6.07, 6.45) is 0.615. The normalized spacial score (nSPS) is 13.2. The number of nitrogen functional groups attached to an aromatic ring is 1. The van der Waals surface area contributed by atoms with Gasteiger partial charge in [-0.25, -0.2) is 4.98 Å². The maximum Gasteiger partial charge on any atom is 0.312 e. The SMILES string of the molecule is NCCn1c(Cc2cc3c(cc2I)OCC3)nc2c(N)nc(F)nc21. The summed E-state index contributed by atoms with van der Waals surface area (Å²) < 4.78 is 22.1. The van der Waals surface area contributed by atoms with Crippen LogP contribution in [0.4, 0.5) is 10.2 Å². The molecule has 4 N–H and O–H groups in total. The van der Waals surface area contributed by atoms with E-state index in [0.717, 1.165) is 27.1 Å². The van der Waals surface area contributed by atoms with E-state index in [0.29, 0.717) is 37.3 Å². The number of benzene rings is 1. The van der Waals surface area contributed by atoms with Crippen molar-refractivity contribution in [3.05, 3.63) is 38.7 Å². The minimum Gasteiger partial charge on any atom is -0.493 e. The lowest BCUT2D eigenvalue weighted by atomic mass is 10.1. The minimum atomic E-state index is -0.862. The van der Waals surface area contributed by atoms with E-state index in [1.54, 1.807) is 0 Å². The van der Waals surface area contributed by atoms with E-state index in [4.69, 9.17) is 16.2 Å². The molecule has 0 saturated carbocycles. The standard InChI is InChI=1S/C16H16FIN6O/c17-16-22-14(20)13-15(23-16)24(3-2-19)12(21-13)6-9-5-8-1-4-25-11(8)7-10(9)18/h5,7H,1-4,6,19H2,(H2,20,22,23). The van der Waals surface area contributed by atoms with E-state index in [1.807, 2.05) is 10.6 Å². The Labute approximate surface area is 156 Å². The van der Waals surface area contributed by atoms with Crippen LogP contribution in [0, 0.1) is 9.65 Å². The third kappa shape index (κ3) is 2.91. The van der Waals surface area contributed by atoms with Crippen molar-refractivity contribution < 1.29 is 9.13 Å². The van der Waals surface area contributed by atoms with Crippen LogP contribution in [0.15, 0.2) is 12.1 Å². The first kappa shape index (κ1) is 16.5. The maximum atomic E-state index is 13.6. The molecule has 0 aliphatic carbocycles. The fourth-order valence-electron chi connectivity index (χ4n) is 3.10. The van der Waals surface area contributed by atoms with Crippen LogP contribution in [-0.2, 0) is 19.4 Å². The molecule has 9 heteroatoms. The van der Waals surface area contributed by atoms with E-state index in [2.05, 4.69) is 43.6 Å². The lowest BCUT2D eigenvalue weighted by Gasteiger charge is -2.10. The number of halogens is 2. The quantitative estimate of drug-likeness (QED) is 0.459. The molecule has 0 fully saturated rings. The summed E-state index contributed by atoms with van der Waals surface area (Å²) in [5, 5.41) is 0. The number of nitrogens with two attached hydrogens (primary N) is 2. The van der Waals surface area contributed by atoms with Gasteiger partial charge in [0.05, 0.1) is 6.61 Å². The highest BCUT2D eigenvalue weighted by Gasteiger charge is 2.20. The Kier molecular flexibility index (Phi) is 4.20. The van der Waals surface area contributed by atoms with Crippen LogP contribution in [0.2, 0.25) is 0 Å². The lowest BCUT2D eigenvalue weighted by Crippen LogP contribution is -2.14. The van der Waals surface area contributed by atoms with Gasteiger partial charge in [0.15, 0.2) is 17.0 Å². The van der Waals surface area contributed by atoms with Gasteiger partial charge in [0.1, 0.15) is 11.6 Å². The topological polar surface area (TPSA) is 105 Å². The second-order valence-electron chi connectivity index (χ2n) is 5.85. The van der Waals surface area contributed by atoms with Crippen LogP contribution in [0.1, 0.15) is 17.0 Å². The fraction of sp³-hybridized carbons (Fsp3) is 0.312. The summed E-state index contributed by atoms with van der Waals surface area (Å²) in [5.74, 6) is 1.72. The van der Waals surface area contributed by atoms with E-state index in [9.17, 15) is 4.39 Å². The van der Waals surface area contributed by atoms with Gasteiger partial charge in [0, 0.05) is 29.5 Å². The van der Waals surface area contributed by atoms with Gasteiger partial charge in [-0.3, -0.25) is 0 Å². The number of rotatable bonds is 4. The van der Waals surface area contributed by atoms with Crippen LogP contribution in [0.5, 0.6) is 5.75 Å². The number of anilines is 1. The van der Waals surface area contributed by atoms with Crippen molar-refractivity contribution in [3.8, 4) is 5.75 Å². The van der Waals surface area contributed by atoms with Gasteiger partial charge in [-0.1, -0.05) is 6.07 Å². The minimum absolute atomic E-state index is 0.0385. The first-order valence-electron chi connectivity index (χ1n) is 7.89. The molecule has 2 aromatic heterocycles.